The van der Waals surface area contributed by atoms with Crippen LogP contribution < -0.4 is 15.4 Å². The molecule has 0 saturated heterocycles. The lowest BCUT2D eigenvalue weighted by molar-refractivity contribution is -0.384. The first-order valence-corrected chi connectivity index (χ1v) is 6.88. The van der Waals surface area contributed by atoms with Crippen LogP contribution in [0.25, 0.3) is 0 Å². The van der Waals surface area contributed by atoms with E-state index in [-0.39, 0.29) is 5.69 Å². The van der Waals surface area contributed by atoms with Gasteiger partial charge in [0.2, 0.25) is 0 Å². The molecule has 2 aromatic rings. The lowest BCUT2D eigenvalue weighted by Gasteiger charge is -2.14. The van der Waals surface area contributed by atoms with Crippen LogP contribution in [0, 0.1) is 17.0 Å². The number of ether oxygens (including phenoxy) is 1. The molecule has 2 aromatic carbocycles. The number of nitro benzene ring substituents is 1. The molecule has 22 heavy (non-hydrogen) atoms. The zero-order chi connectivity index (χ0) is 16.1. The number of non-ortho nitro benzene ring substituents is 1. The number of hydrogen-bond donors (Lipinski definition) is 2. The van der Waals surface area contributed by atoms with Crippen molar-refractivity contribution < 1.29 is 9.66 Å². The van der Waals surface area contributed by atoms with Crippen molar-refractivity contribution in [1.29, 1.82) is 0 Å². The maximum Gasteiger partial charge on any atom is 0.269 e. The van der Waals surface area contributed by atoms with E-state index in [9.17, 15) is 10.1 Å². The Balaban J connectivity index is 2.11. The molecule has 0 aliphatic carbocycles. The largest absolute Gasteiger partial charge is 0.495 e. The molecule has 0 bridgehead atoms. The highest BCUT2D eigenvalue weighted by molar-refractivity contribution is 7.80. The molecule has 2 rings (SSSR count). The molecular formula is C15H15N3O3S. The average molecular weight is 317 g/mol. The number of hydrogen-bond acceptors (Lipinski definition) is 4. The average Bonchev–Trinajstić information content (AvgIpc) is 2.49. The van der Waals surface area contributed by atoms with Crippen molar-refractivity contribution in [2.75, 3.05) is 17.7 Å². The molecule has 0 aliphatic heterocycles. The van der Waals surface area contributed by atoms with E-state index in [0.29, 0.717) is 16.5 Å². The number of thiocarbonyl (C=S) groups is 1. The molecule has 0 amide bonds. The van der Waals surface area contributed by atoms with E-state index >= 15 is 0 Å². The predicted octanol–water partition coefficient (Wildman–Crippen LogP) is 3.72. The maximum atomic E-state index is 10.7. The SMILES string of the molecule is COc1ccccc1NC(=S)Nc1ccc([N+](=O)[O-])cc1C. The smallest absolute Gasteiger partial charge is 0.269 e. The van der Waals surface area contributed by atoms with E-state index in [2.05, 4.69) is 10.6 Å². The third-order valence-electron chi connectivity index (χ3n) is 3.02. The minimum absolute atomic E-state index is 0.0478. The van der Waals surface area contributed by atoms with Gasteiger partial charge in [-0.25, -0.2) is 0 Å². The standard InChI is InChI=1S/C15H15N3O3S/c1-10-9-11(18(19)20)7-8-12(10)16-15(22)17-13-5-3-4-6-14(13)21-2/h3-9H,1-2H3,(H2,16,17,22). The number of nitrogens with one attached hydrogen (secondary N) is 2. The maximum absolute atomic E-state index is 10.7. The van der Waals surface area contributed by atoms with Crippen molar-refractivity contribution in [3.8, 4) is 5.75 Å². The van der Waals surface area contributed by atoms with Crippen LogP contribution >= 0.6 is 12.2 Å². The van der Waals surface area contributed by atoms with Crippen LogP contribution in [0.2, 0.25) is 0 Å². The number of anilines is 2. The summed E-state index contributed by atoms with van der Waals surface area (Å²) >= 11 is 5.26. The van der Waals surface area contributed by atoms with Crippen LogP contribution in [0.4, 0.5) is 17.1 Å². The summed E-state index contributed by atoms with van der Waals surface area (Å²) in [4.78, 5) is 10.3. The van der Waals surface area contributed by atoms with Crippen LogP contribution in [-0.4, -0.2) is 17.1 Å². The Morgan fingerprint density at radius 2 is 1.86 bits per heavy atom. The molecule has 0 heterocycles. The number of para-hydroxylation sites is 2. The lowest BCUT2D eigenvalue weighted by Crippen LogP contribution is -2.20. The highest BCUT2D eigenvalue weighted by atomic mass is 32.1. The highest BCUT2D eigenvalue weighted by Gasteiger charge is 2.09. The third-order valence-corrected chi connectivity index (χ3v) is 3.23. The number of nitro groups is 1. The monoisotopic (exact) mass is 317 g/mol. The first kappa shape index (κ1) is 15.7. The minimum atomic E-state index is -0.428. The second kappa shape index (κ2) is 6.86. The van der Waals surface area contributed by atoms with E-state index in [1.54, 1.807) is 20.1 Å². The Hall–Kier alpha value is -2.67. The van der Waals surface area contributed by atoms with E-state index in [0.717, 1.165) is 11.3 Å². The van der Waals surface area contributed by atoms with Crippen molar-refractivity contribution in [1.82, 2.24) is 0 Å². The zero-order valence-corrected chi connectivity index (χ0v) is 12.9. The Kier molecular flexibility index (Phi) is 4.90. The molecule has 2 N–H and O–H groups in total. The number of methoxy groups -OCH3 is 1. The van der Waals surface area contributed by atoms with Crippen molar-refractivity contribution in [3.05, 3.63) is 58.1 Å². The van der Waals surface area contributed by atoms with Gasteiger partial charge >= 0.3 is 0 Å². The van der Waals surface area contributed by atoms with Gasteiger partial charge in [-0.3, -0.25) is 10.1 Å². The predicted molar refractivity (Wildman–Crippen MR) is 90.7 cm³/mol. The molecular weight excluding hydrogens is 302 g/mol. The summed E-state index contributed by atoms with van der Waals surface area (Å²) < 4.78 is 5.24. The van der Waals surface area contributed by atoms with Crippen LogP contribution in [0.5, 0.6) is 5.75 Å². The second-order valence-electron chi connectivity index (χ2n) is 4.54. The molecule has 0 aromatic heterocycles. The van der Waals surface area contributed by atoms with Crippen molar-refractivity contribution in [2.24, 2.45) is 0 Å². The molecule has 0 fully saturated rings. The van der Waals surface area contributed by atoms with Gasteiger partial charge in [-0.1, -0.05) is 12.1 Å². The van der Waals surface area contributed by atoms with Gasteiger partial charge in [-0.05, 0) is 42.9 Å². The minimum Gasteiger partial charge on any atom is -0.495 e. The van der Waals surface area contributed by atoms with Crippen LogP contribution in [0.3, 0.4) is 0 Å². The fourth-order valence-electron chi connectivity index (χ4n) is 1.93. The molecule has 114 valence electrons. The van der Waals surface area contributed by atoms with Crippen LogP contribution in [-0.2, 0) is 0 Å². The summed E-state index contributed by atoms with van der Waals surface area (Å²) in [7, 11) is 1.58. The molecule has 0 atom stereocenters. The van der Waals surface area contributed by atoms with Gasteiger partial charge in [0, 0.05) is 17.8 Å². The van der Waals surface area contributed by atoms with Gasteiger partial charge in [0.15, 0.2) is 5.11 Å². The third kappa shape index (κ3) is 3.70. The van der Waals surface area contributed by atoms with Crippen LogP contribution in [0.1, 0.15) is 5.56 Å². The summed E-state index contributed by atoms with van der Waals surface area (Å²) in [6, 6.07) is 11.9. The van der Waals surface area contributed by atoms with Crippen LogP contribution in [0.15, 0.2) is 42.5 Å². The number of aryl methyl sites for hydroxylation is 1. The zero-order valence-electron chi connectivity index (χ0n) is 12.1. The first-order chi connectivity index (χ1) is 10.5. The quantitative estimate of drug-likeness (QED) is 0.508. The Labute approximate surface area is 133 Å². The van der Waals surface area contributed by atoms with Crippen molar-refractivity contribution >= 4 is 34.4 Å². The van der Waals surface area contributed by atoms with Gasteiger partial charge in [-0.2, -0.15) is 0 Å². The number of rotatable bonds is 4. The molecule has 0 unspecified atom stereocenters. The first-order valence-electron chi connectivity index (χ1n) is 6.47. The number of nitrogens with zero attached hydrogens (tertiary/aromatic N) is 1. The summed E-state index contributed by atoms with van der Waals surface area (Å²) in [5.74, 6) is 0.673. The van der Waals surface area contributed by atoms with Gasteiger partial charge in [0.25, 0.3) is 5.69 Å². The van der Waals surface area contributed by atoms with Crippen molar-refractivity contribution in [2.45, 2.75) is 6.92 Å². The van der Waals surface area contributed by atoms with Gasteiger partial charge in [-0.15, -0.1) is 0 Å². The Bertz CT molecular complexity index is 719. The molecule has 0 saturated carbocycles. The highest BCUT2D eigenvalue weighted by Crippen LogP contribution is 2.24. The normalized spacial score (nSPS) is 9.91. The second-order valence-corrected chi connectivity index (χ2v) is 4.94. The fraction of sp³-hybridized carbons (Fsp3) is 0.133. The Morgan fingerprint density at radius 3 is 2.50 bits per heavy atom. The van der Waals surface area contributed by atoms with E-state index < -0.39 is 4.92 Å². The fourth-order valence-corrected chi connectivity index (χ4v) is 2.15. The topological polar surface area (TPSA) is 76.4 Å². The van der Waals surface area contributed by atoms with Gasteiger partial charge in [0.05, 0.1) is 17.7 Å². The van der Waals surface area contributed by atoms with E-state index in [1.807, 2.05) is 24.3 Å². The van der Waals surface area contributed by atoms with E-state index in [4.69, 9.17) is 17.0 Å². The molecule has 0 aliphatic rings. The molecule has 7 heteroatoms. The molecule has 0 spiro atoms. The summed E-state index contributed by atoms with van der Waals surface area (Å²) in [6.07, 6.45) is 0. The van der Waals surface area contributed by atoms with E-state index in [1.165, 1.54) is 12.1 Å². The Morgan fingerprint density at radius 1 is 1.18 bits per heavy atom. The number of benzene rings is 2. The summed E-state index contributed by atoms with van der Waals surface area (Å²) in [6.45, 7) is 1.78. The molecule has 6 nitrogen and oxygen atoms in total. The molecule has 0 radical (unpaired) electrons. The summed E-state index contributed by atoms with van der Waals surface area (Å²) in [5, 5.41) is 17.2. The van der Waals surface area contributed by atoms with Crippen molar-refractivity contribution in [3.63, 3.8) is 0 Å². The lowest BCUT2D eigenvalue weighted by atomic mass is 10.2. The van der Waals surface area contributed by atoms with Gasteiger partial charge < -0.3 is 15.4 Å². The summed E-state index contributed by atoms with van der Waals surface area (Å²) in [5.41, 5.74) is 2.23. The van der Waals surface area contributed by atoms with Gasteiger partial charge in [0.1, 0.15) is 5.75 Å².